The van der Waals surface area contributed by atoms with Gasteiger partial charge in [-0.3, -0.25) is 0 Å². The van der Waals surface area contributed by atoms with Crippen LogP contribution < -0.4 is 63.3 Å². The first kappa shape index (κ1) is 14.5. The summed E-state index contributed by atoms with van der Waals surface area (Å²) in [5.74, 6) is 2.19. The zero-order valence-electron chi connectivity index (χ0n) is 7.09. The molecule has 0 radical (unpaired) electrons. The van der Waals surface area contributed by atoms with Crippen LogP contribution in [0.5, 0.6) is 0 Å². The number of rotatable bonds is 4. The molecule has 0 rings (SSSR count). The van der Waals surface area contributed by atoms with Crippen LogP contribution in [0.3, 0.4) is 0 Å². The third kappa shape index (κ3) is 11.0. The van der Waals surface area contributed by atoms with Crippen molar-refractivity contribution in [1.29, 1.82) is 0 Å². The minimum absolute atomic E-state index is 0. The molecule has 0 fully saturated rings. The van der Waals surface area contributed by atoms with Crippen molar-refractivity contribution in [2.45, 2.75) is 32.3 Å². The molecule has 11 heavy (non-hydrogen) atoms. The number of ketones is 1. The molecule has 0 aliphatic rings. The Morgan fingerprint density at radius 1 is 1.73 bits per heavy atom. The monoisotopic (exact) mass is 224 g/mol. The molecule has 0 aromatic heterocycles. The van der Waals surface area contributed by atoms with E-state index in [1.165, 1.54) is 6.92 Å². The van der Waals surface area contributed by atoms with Gasteiger partial charge in [0.1, 0.15) is 5.78 Å². The molecule has 2 nitrogen and oxygen atoms in total. The number of hydrogen-bond acceptors (Lipinski definition) is 2. The standard InChI is InChI=1S/C8H11O2.Rb/c1-3-8(10)6-4-5-7(2)9;/h1,8H,4-6H2,2H3;/q-1;+1/t8-;/m1./s1. The molecule has 0 aliphatic carbocycles. The summed E-state index contributed by atoms with van der Waals surface area (Å²) in [5.41, 5.74) is 0. The van der Waals surface area contributed by atoms with Crippen molar-refractivity contribution < 1.29 is 68.1 Å². The Hall–Kier alpha value is 0.995. The van der Waals surface area contributed by atoms with Gasteiger partial charge < -0.3 is 9.90 Å². The summed E-state index contributed by atoms with van der Waals surface area (Å²) in [6.07, 6.45) is 5.41. The van der Waals surface area contributed by atoms with Crippen molar-refractivity contribution in [3.8, 4) is 12.3 Å². The Labute approximate surface area is 117 Å². The Morgan fingerprint density at radius 2 is 2.27 bits per heavy atom. The van der Waals surface area contributed by atoms with Crippen LogP contribution in [0.25, 0.3) is 0 Å². The van der Waals surface area contributed by atoms with Crippen LogP contribution in [0.4, 0.5) is 0 Å². The van der Waals surface area contributed by atoms with Crippen molar-refractivity contribution in [3.05, 3.63) is 0 Å². The number of Topliss-reactive ketones (excluding diaryl/α,β-unsaturated/α-hetero) is 1. The number of terminal acetylenes is 1. The van der Waals surface area contributed by atoms with Gasteiger partial charge in [-0.1, -0.05) is 12.5 Å². The molecule has 0 spiro atoms. The normalized spacial score (nSPS) is 11.0. The first-order valence-corrected chi connectivity index (χ1v) is 3.28. The third-order valence-corrected chi connectivity index (χ3v) is 1.18. The summed E-state index contributed by atoms with van der Waals surface area (Å²) in [4.78, 5) is 10.4. The molecule has 0 aromatic carbocycles. The van der Waals surface area contributed by atoms with Crippen LogP contribution in [0.1, 0.15) is 26.2 Å². The number of carbonyl (C=O) groups is 1. The largest absolute Gasteiger partial charge is 1.00 e. The summed E-state index contributed by atoms with van der Waals surface area (Å²) in [7, 11) is 0. The van der Waals surface area contributed by atoms with Gasteiger partial charge in [-0.15, -0.1) is 12.3 Å². The molecule has 0 unspecified atom stereocenters. The van der Waals surface area contributed by atoms with E-state index in [2.05, 4.69) is 5.92 Å². The summed E-state index contributed by atoms with van der Waals surface area (Å²) >= 11 is 0. The Morgan fingerprint density at radius 3 is 2.64 bits per heavy atom. The van der Waals surface area contributed by atoms with Crippen molar-refractivity contribution >= 4 is 5.78 Å². The van der Waals surface area contributed by atoms with Crippen LogP contribution in [-0.2, 0) is 4.79 Å². The molecule has 56 valence electrons. The van der Waals surface area contributed by atoms with E-state index in [1.807, 2.05) is 0 Å². The van der Waals surface area contributed by atoms with Gasteiger partial charge in [-0.25, -0.2) is 0 Å². The fourth-order valence-electron chi connectivity index (χ4n) is 0.620. The van der Waals surface area contributed by atoms with E-state index in [0.29, 0.717) is 19.3 Å². The first-order chi connectivity index (χ1) is 4.66. The fraction of sp³-hybridized carbons (Fsp3) is 0.625. The Kier molecular flexibility index (Phi) is 12.0. The first-order valence-electron chi connectivity index (χ1n) is 3.28. The Bertz CT molecular complexity index is 149. The molecule has 0 aliphatic heterocycles. The fourth-order valence-corrected chi connectivity index (χ4v) is 0.620. The second-order valence-corrected chi connectivity index (χ2v) is 2.25. The smallest absolute Gasteiger partial charge is 0.843 e. The van der Waals surface area contributed by atoms with Gasteiger partial charge in [0, 0.05) is 6.42 Å². The van der Waals surface area contributed by atoms with Gasteiger partial charge in [0.15, 0.2) is 0 Å². The maximum atomic E-state index is 10.5. The van der Waals surface area contributed by atoms with Gasteiger partial charge in [-0.05, 0) is 13.3 Å². The van der Waals surface area contributed by atoms with Gasteiger partial charge in [0.25, 0.3) is 0 Å². The summed E-state index contributed by atoms with van der Waals surface area (Å²) in [6.45, 7) is 1.51. The average molecular weight is 225 g/mol. The van der Waals surface area contributed by atoms with Gasteiger partial charge in [0.2, 0.25) is 0 Å². The summed E-state index contributed by atoms with van der Waals surface area (Å²) in [6, 6.07) is 0. The van der Waals surface area contributed by atoms with Crippen LogP contribution in [0.15, 0.2) is 0 Å². The summed E-state index contributed by atoms with van der Waals surface area (Å²) in [5, 5.41) is 10.5. The van der Waals surface area contributed by atoms with E-state index < -0.39 is 6.10 Å². The molecule has 1 atom stereocenters. The van der Waals surface area contributed by atoms with Gasteiger partial charge in [-0.2, -0.15) is 0 Å². The van der Waals surface area contributed by atoms with Crippen LogP contribution in [0.2, 0.25) is 0 Å². The van der Waals surface area contributed by atoms with E-state index in [0.717, 1.165) is 0 Å². The Balaban J connectivity index is 0. The molecule has 0 amide bonds. The van der Waals surface area contributed by atoms with Gasteiger partial charge >= 0.3 is 58.2 Å². The van der Waals surface area contributed by atoms with Gasteiger partial charge in [0.05, 0.1) is 0 Å². The van der Waals surface area contributed by atoms with E-state index in [-0.39, 0.29) is 64.0 Å². The van der Waals surface area contributed by atoms with Crippen molar-refractivity contribution in [2.24, 2.45) is 0 Å². The minimum Gasteiger partial charge on any atom is -0.843 e. The zero-order chi connectivity index (χ0) is 7.98. The maximum Gasteiger partial charge on any atom is 1.00 e. The van der Waals surface area contributed by atoms with Crippen LogP contribution in [0, 0.1) is 12.3 Å². The molecule has 0 saturated carbocycles. The molecule has 0 saturated heterocycles. The molecule has 0 bridgehead atoms. The molecular formula is C8H11O2Rb. The number of carbonyl (C=O) groups excluding carboxylic acids is 1. The topological polar surface area (TPSA) is 40.1 Å². The van der Waals surface area contributed by atoms with E-state index in [9.17, 15) is 9.90 Å². The van der Waals surface area contributed by atoms with E-state index in [4.69, 9.17) is 6.42 Å². The van der Waals surface area contributed by atoms with Crippen molar-refractivity contribution in [3.63, 3.8) is 0 Å². The predicted octanol–water partition coefficient (Wildman–Crippen LogP) is -2.89. The average Bonchev–Trinajstić information content (AvgIpc) is 1.87. The second kappa shape index (κ2) is 9.09. The number of hydrogen-bond donors (Lipinski definition) is 0. The third-order valence-electron chi connectivity index (χ3n) is 1.18. The van der Waals surface area contributed by atoms with E-state index in [1.54, 1.807) is 0 Å². The molecule has 0 heterocycles. The minimum atomic E-state index is -0.931. The molecular weight excluding hydrogens is 214 g/mol. The maximum absolute atomic E-state index is 10.5. The molecule has 0 N–H and O–H groups in total. The van der Waals surface area contributed by atoms with Crippen molar-refractivity contribution in [1.82, 2.24) is 0 Å². The molecule has 0 aromatic rings. The quantitative estimate of drug-likeness (QED) is 0.481. The second-order valence-electron chi connectivity index (χ2n) is 2.25. The predicted molar refractivity (Wildman–Crippen MR) is 37.2 cm³/mol. The van der Waals surface area contributed by atoms with Crippen LogP contribution >= 0.6 is 0 Å². The SMILES string of the molecule is C#C[C@@H]([O-])CCCC(C)=O.[Rb+]. The zero-order valence-corrected chi connectivity index (χ0v) is 12.0. The van der Waals surface area contributed by atoms with Crippen LogP contribution in [-0.4, -0.2) is 11.9 Å². The summed E-state index contributed by atoms with van der Waals surface area (Å²) < 4.78 is 0. The van der Waals surface area contributed by atoms with E-state index >= 15 is 0 Å². The molecule has 3 heteroatoms. The van der Waals surface area contributed by atoms with Crippen molar-refractivity contribution in [2.75, 3.05) is 0 Å².